The Labute approximate surface area is 117 Å². The molecule has 1 aromatic carbocycles. The highest BCUT2D eigenvalue weighted by atomic mass is 32.2. The molecule has 0 aliphatic carbocycles. The second-order valence-electron chi connectivity index (χ2n) is 4.32. The van der Waals surface area contributed by atoms with Gasteiger partial charge in [-0.1, -0.05) is 18.2 Å². The molecular formula is C13H14N4O2S. The Morgan fingerprint density at radius 1 is 1.40 bits per heavy atom. The van der Waals surface area contributed by atoms with E-state index in [1.165, 1.54) is 11.4 Å². The van der Waals surface area contributed by atoms with Gasteiger partial charge in [0.15, 0.2) is 0 Å². The molecule has 0 aliphatic rings. The van der Waals surface area contributed by atoms with E-state index in [1.807, 2.05) is 6.07 Å². The molecule has 1 heterocycles. The van der Waals surface area contributed by atoms with Crippen molar-refractivity contribution < 1.29 is 8.42 Å². The average molecular weight is 290 g/mol. The van der Waals surface area contributed by atoms with Crippen molar-refractivity contribution in [1.82, 2.24) is 14.3 Å². The van der Waals surface area contributed by atoms with Gasteiger partial charge in [-0.05, 0) is 11.6 Å². The molecule has 20 heavy (non-hydrogen) atoms. The van der Waals surface area contributed by atoms with Crippen LogP contribution in [-0.2, 0) is 22.3 Å². The van der Waals surface area contributed by atoms with Gasteiger partial charge in [-0.3, -0.25) is 0 Å². The number of nitriles is 1. The molecule has 2 aromatic rings. The van der Waals surface area contributed by atoms with E-state index in [0.717, 1.165) is 0 Å². The molecule has 0 atom stereocenters. The number of rotatable bonds is 5. The van der Waals surface area contributed by atoms with E-state index in [2.05, 4.69) is 9.97 Å². The van der Waals surface area contributed by atoms with Gasteiger partial charge < -0.3 is 4.98 Å². The molecule has 6 nitrogen and oxygen atoms in total. The minimum Gasteiger partial charge on any atom is -0.347 e. The van der Waals surface area contributed by atoms with Crippen molar-refractivity contribution in [3.05, 3.63) is 53.6 Å². The van der Waals surface area contributed by atoms with Crippen LogP contribution >= 0.6 is 0 Å². The lowest BCUT2D eigenvalue weighted by Gasteiger charge is -2.16. The molecule has 1 aromatic heterocycles. The number of H-pyrrole nitrogens is 1. The topological polar surface area (TPSA) is 89.8 Å². The highest BCUT2D eigenvalue weighted by Gasteiger charge is 2.20. The third kappa shape index (κ3) is 3.23. The van der Waals surface area contributed by atoms with Gasteiger partial charge in [0.2, 0.25) is 10.0 Å². The van der Waals surface area contributed by atoms with E-state index < -0.39 is 10.0 Å². The highest BCUT2D eigenvalue weighted by molar-refractivity contribution is 7.88. The number of aromatic nitrogens is 2. The number of hydrogen-bond acceptors (Lipinski definition) is 4. The van der Waals surface area contributed by atoms with Gasteiger partial charge in [0.1, 0.15) is 5.82 Å². The summed E-state index contributed by atoms with van der Waals surface area (Å²) in [6, 6.07) is 8.69. The number of nitrogens with zero attached hydrogens (tertiary/aromatic N) is 3. The number of aromatic amines is 1. The van der Waals surface area contributed by atoms with Gasteiger partial charge >= 0.3 is 0 Å². The van der Waals surface area contributed by atoms with Crippen LogP contribution in [0.15, 0.2) is 36.7 Å². The first-order chi connectivity index (χ1) is 9.53. The van der Waals surface area contributed by atoms with Crippen molar-refractivity contribution in [2.45, 2.75) is 12.3 Å². The van der Waals surface area contributed by atoms with Crippen LogP contribution in [0, 0.1) is 11.3 Å². The number of nitrogens with one attached hydrogen (secondary N) is 1. The molecule has 0 bridgehead atoms. The smallest absolute Gasteiger partial charge is 0.218 e. The second kappa shape index (κ2) is 5.86. The molecule has 2 rings (SSSR count). The first-order valence-corrected chi connectivity index (χ1v) is 7.54. The number of hydrogen-bond donors (Lipinski definition) is 1. The van der Waals surface area contributed by atoms with Crippen LogP contribution in [-0.4, -0.2) is 29.7 Å². The molecule has 104 valence electrons. The van der Waals surface area contributed by atoms with Gasteiger partial charge in [-0.25, -0.2) is 13.4 Å². The van der Waals surface area contributed by atoms with Crippen molar-refractivity contribution in [2.75, 3.05) is 7.05 Å². The van der Waals surface area contributed by atoms with Crippen LogP contribution < -0.4 is 0 Å². The molecular weight excluding hydrogens is 276 g/mol. The van der Waals surface area contributed by atoms with Gasteiger partial charge in [0.05, 0.1) is 23.9 Å². The quantitative estimate of drug-likeness (QED) is 0.897. The molecule has 0 amide bonds. The lowest BCUT2D eigenvalue weighted by Crippen LogP contribution is -2.28. The fourth-order valence-corrected chi connectivity index (χ4v) is 2.94. The Morgan fingerprint density at radius 2 is 2.15 bits per heavy atom. The minimum absolute atomic E-state index is 0.171. The third-order valence-corrected chi connectivity index (χ3v) is 4.63. The number of benzene rings is 1. The Hall–Kier alpha value is -2.17. The standard InChI is InChI=1S/C13H14N4O2S/c1-17(9-13-15-6-7-16-13)20(18,19)10-12-5-3-2-4-11(12)8-14/h2-7H,9-10H2,1H3,(H,15,16). The summed E-state index contributed by atoms with van der Waals surface area (Å²) in [5.41, 5.74) is 0.878. The zero-order chi connectivity index (χ0) is 14.6. The van der Waals surface area contributed by atoms with Crippen molar-refractivity contribution in [3.8, 4) is 6.07 Å². The molecule has 0 aliphatic heterocycles. The zero-order valence-electron chi connectivity index (χ0n) is 10.9. The first kappa shape index (κ1) is 14.2. The number of sulfonamides is 1. The van der Waals surface area contributed by atoms with E-state index >= 15 is 0 Å². The lowest BCUT2D eigenvalue weighted by molar-refractivity contribution is 0.457. The zero-order valence-corrected chi connectivity index (χ0v) is 11.8. The van der Waals surface area contributed by atoms with Gasteiger partial charge in [-0.15, -0.1) is 0 Å². The normalized spacial score (nSPS) is 11.4. The lowest BCUT2D eigenvalue weighted by atomic mass is 10.1. The summed E-state index contributed by atoms with van der Waals surface area (Å²) >= 11 is 0. The van der Waals surface area contributed by atoms with Crippen LogP contribution in [0.5, 0.6) is 0 Å². The van der Waals surface area contributed by atoms with Gasteiger partial charge in [-0.2, -0.15) is 9.57 Å². The Kier molecular flexibility index (Phi) is 4.17. The van der Waals surface area contributed by atoms with Crippen LogP contribution in [0.25, 0.3) is 0 Å². The fourth-order valence-electron chi connectivity index (χ4n) is 1.76. The average Bonchev–Trinajstić information content (AvgIpc) is 2.92. The maximum atomic E-state index is 12.3. The summed E-state index contributed by atoms with van der Waals surface area (Å²) in [6.45, 7) is 0.171. The maximum absolute atomic E-state index is 12.3. The number of imidazole rings is 1. The van der Waals surface area contributed by atoms with Crippen molar-refractivity contribution in [2.24, 2.45) is 0 Å². The summed E-state index contributed by atoms with van der Waals surface area (Å²) in [7, 11) is -2.01. The Bertz CT molecular complexity index is 717. The van der Waals surface area contributed by atoms with Crippen LogP contribution in [0.1, 0.15) is 17.0 Å². The maximum Gasteiger partial charge on any atom is 0.218 e. The molecule has 7 heteroatoms. The molecule has 1 N–H and O–H groups in total. The second-order valence-corrected chi connectivity index (χ2v) is 6.39. The van der Waals surface area contributed by atoms with E-state index in [4.69, 9.17) is 5.26 Å². The van der Waals surface area contributed by atoms with Crippen LogP contribution in [0.3, 0.4) is 0 Å². The monoisotopic (exact) mass is 290 g/mol. The summed E-state index contributed by atoms with van der Waals surface area (Å²) in [6.07, 6.45) is 3.21. The molecule has 0 saturated heterocycles. The molecule has 0 fully saturated rings. The minimum atomic E-state index is -3.50. The Balaban J connectivity index is 2.17. The van der Waals surface area contributed by atoms with E-state index in [-0.39, 0.29) is 12.3 Å². The van der Waals surface area contributed by atoms with E-state index in [0.29, 0.717) is 17.0 Å². The summed E-state index contributed by atoms with van der Waals surface area (Å²) in [4.78, 5) is 6.85. The van der Waals surface area contributed by atoms with Gasteiger partial charge in [0, 0.05) is 19.4 Å². The van der Waals surface area contributed by atoms with Crippen molar-refractivity contribution in [3.63, 3.8) is 0 Å². The first-order valence-electron chi connectivity index (χ1n) is 5.93. The van der Waals surface area contributed by atoms with E-state index in [1.54, 1.807) is 36.7 Å². The van der Waals surface area contributed by atoms with Crippen molar-refractivity contribution in [1.29, 1.82) is 5.26 Å². The van der Waals surface area contributed by atoms with Crippen LogP contribution in [0.2, 0.25) is 0 Å². The van der Waals surface area contributed by atoms with Gasteiger partial charge in [0.25, 0.3) is 0 Å². The largest absolute Gasteiger partial charge is 0.347 e. The highest BCUT2D eigenvalue weighted by Crippen LogP contribution is 2.14. The molecule has 0 radical (unpaired) electrons. The molecule has 0 unspecified atom stereocenters. The van der Waals surface area contributed by atoms with Crippen molar-refractivity contribution >= 4 is 10.0 Å². The predicted octanol–water partition coefficient (Wildman–Crippen LogP) is 1.24. The fraction of sp³-hybridized carbons (Fsp3) is 0.231. The molecule has 0 spiro atoms. The molecule has 0 saturated carbocycles. The summed E-state index contributed by atoms with van der Waals surface area (Å²) in [5, 5.41) is 8.99. The summed E-state index contributed by atoms with van der Waals surface area (Å²) in [5.74, 6) is 0.373. The SMILES string of the molecule is CN(Cc1ncc[nH]1)S(=O)(=O)Cc1ccccc1C#N. The summed E-state index contributed by atoms with van der Waals surface area (Å²) < 4.78 is 25.8. The Morgan fingerprint density at radius 3 is 2.80 bits per heavy atom. The predicted molar refractivity (Wildman–Crippen MR) is 73.8 cm³/mol. The van der Waals surface area contributed by atoms with E-state index in [9.17, 15) is 8.42 Å². The van der Waals surface area contributed by atoms with Crippen LogP contribution in [0.4, 0.5) is 0 Å². The third-order valence-electron chi connectivity index (χ3n) is 2.88.